The fourth-order valence-electron chi connectivity index (χ4n) is 5.49. The summed E-state index contributed by atoms with van der Waals surface area (Å²) >= 11 is 0. The number of nitrogens with two attached hydrogens (primary N) is 1. The SMILES string of the molecule is CC(C)OC(=O)[C@H](C)NP(=O)(Oc1ccccc1)OC1[C@@]2(C#N)O[C@@H](c3ccc4c(N)ncnn34)[C@H](OC(=O)C(C)C)[C@@]12OC(=O)C(C)C. The highest BCUT2D eigenvalue weighted by molar-refractivity contribution is 7.52. The maximum absolute atomic E-state index is 14.6. The number of carbonyl (C=O) groups excluding carboxylic acids is 3. The second-order valence-electron chi connectivity index (χ2n) is 12.7. The zero-order chi connectivity index (χ0) is 35.9. The number of esters is 3. The molecule has 16 nitrogen and oxygen atoms in total. The van der Waals surface area contributed by atoms with Crippen LogP contribution in [-0.4, -0.2) is 68.1 Å². The molecule has 3 N–H and O–H groups in total. The largest absolute Gasteiger partial charge is 0.462 e. The summed E-state index contributed by atoms with van der Waals surface area (Å²) in [6.45, 7) is 11.0. The highest BCUT2D eigenvalue weighted by Crippen LogP contribution is 2.71. The minimum atomic E-state index is -4.67. The van der Waals surface area contributed by atoms with Crippen LogP contribution in [0.15, 0.2) is 48.8 Å². The van der Waals surface area contributed by atoms with Gasteiger partial charge >= 0.3 is 25.7 Å². The third-order valence-corrected chi connectivity index (χ3v) is 9.60. The van der Waals surface area contributed by atoms with Gasteiger partial charge in [0.15, 0.2) is 18.0 Å². The molecule has 1 aromatic carbocycles. The zero-order valence-corrected chi connectivity index (χ0v) is 29.0. The van der Waals surface area contributed by atoms with Gasteiger partial charge in [-0.2, -0.15) is 15.4 Å². The molecule has 5 rings (SSSR count). The van der Waals surface area contributed by atoms with Gasteiger partial charge in [-0.25, -0.2) is 14.1 Å². The maximum Gasteiger partial charge on any atom is 0.460 e. The van der Waals surface area contributed by atoms with Gasteiger partial charge in [0.05, 0.1) is 23.6 Å². The summed E-state index contributed by atoms with van der Waals surface area (Å²) in [5.74, 6) is -3.39. The van der Waals surface area contributed by atoms with Crippen LogP contribution >= 0.6 is 7.75 Å². The van der Waals surface area contributed by atoms with Crippen LogP contribution in [-0.2, 0) is 42.4 Å². The van der Waals surface area contributed by atoms with Crippen LogP contribution in [0.3, 0.4) is 0 Å². The number of ether oxygens (including phenoxy) is 4. The van der Waals surface area contributed by atoms with E-state index in [1.54, 1.807) is 71.9 Å². The van der Waals surface area contributed by atoms with E-state index < -0.39 is 79.2 Å². The Balaban J connectivity index is 1.63. The molecule has 2 fully saturated rings. The highest BCUT2D eigenvalue weighted by Gasteiger charge is 2.95. The Labute approximate surface area is 282 Å². The monoisotopic (exact) mass is 698 g/mol. The molecule has 0 bridgehead atoms. The Kier molecular flexibility index (Phi) is 9.77. The van der Waals surface area contributed by atoms with E-state index >= 15 is 0 Å². The van der Waals surface area contributed by atoms with Crippen molar-refractivity contribution in [2.24, 2.45) is 11.8 Å². The molecule has 2 aliphatic rings. The Morgan fingerprint density at radius 1 is 1.02 bits per heavy atom. The van der Waals surface area contributed by atoms with Crippen LogP contribution in [0.5, 0.6) is 5.75 Å². The summed E-state index contributed by atoms with van der Waals surface area (Å²) in [6.07, 6.45) is -3.72. The summed E-state index contributed by atoms with van der Waals surface area (Å²) < 4.78 is 51.7. The molecule has 262 valence electrons. The van der Waals surface area contributed by atoms with Gasteiger partial charge in [0.2, 0.25) is 11.2 Å². The van der Waals surface area contributed by atoms with E-state index in [-0.39, 0.29) is 17.3 Å². The summed E-state index contributed by atoms with van der Waals surface area (Å²) in [5, 5.41) is 17.6. The molecule has 7 atom stereocenters. The summed E-state index contributed by atoms with van der Waals surface area (Å²) in [7, 11) is -4.67. The van der Waals surface area contributed by atoms with Gasteiger partial charge in [0.1, 0.15) is 35.8 Å². The average molecular weight is 699 g/mol. The number of fused-ring (bicyclic) bond motifs is 2. The van der Waals surface area contributed by atoms with Gasteiger partial charge in [-0.1, -0.05) is 45.9 Å². The number of nitrogens with one attached hydrogen (secondary N) is 1. The lowest BCUT2D eigenvalue weighted by Crippen LogP contribution is -2.45. The standard InChI is InChI=1S/C32H39N6O10P/c1-17(2)27(39)44-25-24(22-13-14-23-26(34)35-16-36-38(22)23)45-31(15-33)30(32(25,31)46-28(40)18(3)4)48-49(42,47-21-11-9-8-10-12-21)37-20(7)29(41)43-19(5)6/h8-14,16-20,24-25,30H,1-7H3,(H,37,42)(H2,34,35,36)/t20-,24-,25-,30?,31+,32+,49?/m0/s1. The number of nitriles is 1. The third kappa shape index (κ3) is 6.47. The van der Waals surface area contributed by atoms with E-state index in [4.69, 9.17) is 33.7 Å². The van der Waals surface area contributed by atoms with Crippen LogP contribution in [0, 0.1) is 23.2 Å². The molecular weight excluding hydrogens is 659 g/mol. The van der Waals surface area contributed by atoms with Crippen molar-refractivity contribution >= 4 is 37.0 Å². The maximum atomic E-state index is 14.6. The van der Waals surface area contributed by atoms with Crippen LogP contribution < -0.4 is 15.3 Å². The first-order chi connectivity index (χ1) is 23.1. The Bertz CT molecular complexity index is 1830. The molecule has 17 heteroatoms. The predicted molar refractivity (Wildman–Crippen MR) is 171 cm³/mol. The number of hydrogen-bond acceptors (Lipinski definition) is 14. The minimum Gasteiger partial charge on any atom is -0.462 e. The van der Waals surface area contributed by atoms with E-state index in [1.165, 1.54) is 29.9 Å². The number of rotatable bonds is 13. The number of anilines is 1. The van der Waals surface area contributed by atoms with E-state index in [1.807, 2.05) is 6.07 Å². The van der Waals surface area contributed by atoms with E-state index in [0.29, 0.717) is 5.52 Å². The summed E-state index contributed by atoms with van der Waals surface area (Å²) in [6, 6.07) is 12.0. The van der Waals surface area contributed by atoms with E-state index in [2.05, 4.69) is 15.2 Å². The third-order valence-electron chi connectivity index (χ3n) is 7.96. The molecule has 3 aromatic rings. The topological polar surface area (TPSA) is 216 Å². The number of para-hydroxylation sites is 1. The predicted octanol–water partition coefficient (Wildman–Crippen LogP) is 3.67. The lowest BCUT2D eigenvalue weighted by atomic mass is 10.0. The van der Waals surface area contributed by atoms with Gasteiger partial charge in [0, 0.05) is 0 Å². The number of benzene rings is 1. The summed E-state index contributed by atoms with van der Waals surface area (Å²) in [4.78, 5) is 43.4. The molecule has 1 saturated heterocycles. The Hall–Kier alpha value is -4.55. The number of nitrogen functional groups attached to an aromatic ring is 1. The number of nitrogens with zero attached hydrogens (tertiary/aromatic N) is 4. The molecular formula is C32H39N6O10P. The smallest absolute Gasteiger partial charge is 0.460 e. The van der Waals surface area contributed by atoms with E-state index in [0.717, 1.165) is 0 Å². The van der Waals surface area contributed by atoms with Crippen molar-refractivity contribution in [1.82, 2.24) is 19.7 Å². The second-order valence-corrected chi connectivity index (χ2v) is 14.3. The molecule has 49 heavy (non-hydrogen) atoms. The van der Waals surface area contributed by atoms with Crippen LogP contribution in [0.25, 0.3) is 5.52 Å². The first kappa shape index (κ1) is 35.7. The van der Waals surface area contributed by atoms with Crippen molar-refractivity contribution < 1.29 is 46.9 Å². The first-order valence-electron chi connectivity index (χ1n) is 15.7. The molecule has 0 amide bonds. The normalized spacial score (nSPS) is 26.1. The molecule has 1 saturated carbocycles. The van der Waals surface area contributed by atoms with Crippen molar-refractivity contribution in [3.05, 3.63) is 54.5 Å². The molecule has 3 heterocycles. The van der Waals surface area contributed by atoms with Gasteiger partial charge in [-0.05, 0) is 45.0 Å². The van der Waals surface area contributed by atoms with Crippen molar-refractivity contribution in [3.63, 3.8) is 0 Å². The molecule has 2 unspecified atom stereocenters. The van der Waals surface area contributed by atoms with Crippen molar-refractivity contribution in [3.8, 4) is 11.8 Å². The zero-order valence-electron chi connectivity index (χ0n) is 28.1. The number of aromatic nitrogens is 3. The van der Waals surface area contributed by atoms with Gasteiger partial charge in [0.25, 0.3) is 0 Å². The lowest BCUT2D eigenvalue weighted by molar-refractivity contribution is -0.181. The average Bonchev–Trinajstić information content (AvgIpc) is 3.28. The second kappa shape index (κ2) is 13.4. The van der Waals surface area contributed by atoms with Gasteiger partial charge < -0.3 is 29.2 Å². The Morgan fingerprint density at radius 2 is 1.69 bits per heavy atom. The van der Waals surface area contributed by atoms with Crippen LogP contribution in [0.1, 0.15) is 60.3 Å². The van der Waals surface area contributed by atoms with Crippen molar-refractivity contribution in [2.45, 2.75) is 90.1 Å². The molecule has 0 radical (unpaired) electrons. The van der Waals surface area contributed by atoms with Crippen molar-refractivity contribution in [1.29, 1.82) is 5.26 Å². The van der Waals surface area contributed by atoms with E-state index in [9.17, 15) is 24.2 Å². The molecule has 1 aliphatic heterocycles. The fourth-order valence-corrected chi connectivity index (χ4v) is 7.20. The molecule has 0 spiro atoms. The van der Waals surface area contributed by atoms with Crippen LogP contribution in [0.2, 0.25) is 0 Å². The lowest BCUT2D eigenvalue weighted by Gasteiger charge is -2.30. The van der Waals surface area contributed by atoms with Gasteiger partial charge in [-0.3, -0.25) is 18.9 Å². The Morgan fingerprint density at radius 3 is 2.31 bits per heavy atom. The van der Waals surface area contributed by atoms with Crippen molar-refractivity contribution in [2.75, 3.05) is 5.73 Å². The van der Waals surface area contributed by atoms with Gasteiger partial charge in [-0.15, -0.1) is 0 Å². The molecule has 2 aromatic heterocycles. The van der Waals surface area contributed by atoms with Crippen LogP contribution in [0.4, 0.5) is 5.82 Å². The fraction of sp³-hybridized carbons (Fsp3) is 0.500. The quantitative estimate of drug-likeness (QED) is 0.148. The first-order valence-corrected chi connectivity index (χ1v) is 17.2. The number of hydrogen-bond donors (Lipinski definition) is 2. The number of carbonyl (C=O) groups is 3. The highest BCUT2D eigenvalue weighted by atomic mass is 31.2. The molecule has 1 aliphatic carbocycles. The summed E-state index contributed by atoms with van der Waals surface area (Å²) in [5.41, 5.74) is 2.39. The minimum absolute atomic E-state index is 0.0892.